The van der Waals surface area contributed by atoms with Gasteiger partial charge >= 0.3 is 12.0 Å². The van der Waals surface area contributed by atoms with E-state index in [0.717, 1.165) is 5.56 Å². The lowest BCUT2D eigenvalue weighted by atomic mass is 10.2. The van der Waals surface area contributed by atoms with Crippen LogP contribution in [0, 0.1) is 0 Å². The number of rotatable bonds is 7. The molecular formula is C13H16N2O6. The molecule has 0 fully saturated rings. The third kappa shape index (κ3) is 4.84. The summed E-state index contributed by atoms with van der Waals surface area (Å²) in [6, 6.07) is 5.07. The van der Waals surface area contributed by atoms with Gasteiger partial charge in [0.05, 0.1) is 6.61 Å². The summed E-state index contributed by atoms with van der Waals surface area (Å²) in [6.07, 6.45) is 0. The number of aliphatic carboxylic acids is 1. The molecule has 0 spiro atoms. The fourth-order valence-electron chi connectivity index (χ4n) is 1.69. The van der Waals surface area contributed by atoms with E-state index in [0.29, 0.717) is 18.0 Å². The minimum absolute atomic E-state index is 0.143. The fraction of sp³-hybridized carbons (Fsp3) is 0.385. The second-order valence-electron chi connectivity index (χ2n) is 4.24. The molecule has 1 aromatic carbocycles. The van der Waals surface area contributed by atoms with E-state index >= 15 is 0 Å². The molecule has 0 radical (unpaired) electrons. The SMILES string of the molecule is O=C(O)COCCNC(=O)NCc1ccc2c(c1)OCO2. The summed E-state index contributed by atoms with van der Waals surface area (Å²) >= 11 is 0. The van der Waals surface area contributed by atoms with Crippen LogP contribution in [0.1, 0.15) is 5.56 Å². The van der Waals surface area contributed by atoms with Crippen LogP contribution in [0.4, 0.5) is 4.79 Å². The van der Waals surface area contributed by atoms with E-state index in [9.17, 15) is 9.59 Å². The van der Waals surface area contributed by atoms with Gasteiger partial charge in [0.25, 0.3) is 0 Å². The van der Waals surface area contributed by atoms with Crippen LogP contribution in [0.5, 0.6) is 11.5 Å². The molecule has 1 aromatic rings. The van der Waals surface area contributed by atoms with Gasteiger partial charge < -0.3 is 30.0 Å². The number of amides is 2. The highest BCUT2D eigenvalue weighted by Crippen LogP contribution is 2.32. The number of nitrogens with one attached hydrogen (secondary N) is 2. The number of carboxylic acid groups (broad SMARTS) is 1. The van der Waals surface area contributed by atoms with Crippen LogP contribution < -0.4 is 20.1 Å². The first-order valence-corrected chi connectivity index (χ1v) is 6.35. The summed E-state index contributed by atoms with van der Waals surface area (Å²) in [5.41, 5.74) is 0.886. The van der Waals surface area contributed by atoms with Crippen LogP contribution in [0.2, 0.25) is 0 Å². The van der Waals surface area contributed by atoms with Gasteiger partial charge in [-0.15, -0.1) is 0 Å². The molecular weight excluding hydrogens is 280 g/mol. The molecule has 1 aliphatic heterocycles. The van der Waals surface area contributed by atoms with Crippen molar-refractivity contribution < 1.29 is 28.9 Å². The van der Waals surface area contributed by atoms with E-state index in [2.05, 4.69) is 10.6 Å². The van der Waals surface area contributed by atoms with Gasteiger partial charge in [-0.25, -0.2) is 9.59 Å². The molecule has 1 heterocycles. The second kappa shape index (κ2) is 7.34. The number of benzene rings is 1. The quantitative estimate of drug-likeness (QED) is 0.626. The molecule has 0 unspecified atom stereocenters. The lowest BCUT2D eigenvalue weighted by molar-refractivity contribution is -0.142. The summed E-state index contributed by atoms with van der Waals surface area (Å²) in [4.78, 5) is 21.7. The largest absolute Gasteiger partial charge is 0.480 e. The number of carbonyl (C=O) groups excluding carboxylic acids is 1. The first-order chi connectivity index (χ1) is 10.1. The Balaban J connectivity index is 1.63. The molecule has 114 valence electrons. The normalized spacial score (nSPS) is 12.0. The van der Waals surface area contributed by atoms with Crippen molar-refractivity contribution in [2.75, 3.05) is 26.6 Å². The van der Waals surface area contributed by atoms with Crippen LogP contribution in [0.3, 0.4) is 0 Å². The van der Waals surface area contributed by atoms with E-state index in [1.165, 1.54) is 0 Å². The van der Waals surface area contributed by atoms with Crippen molar-refractivity contribution in [3.63, 3.8) is 0 Å². The molecule has 0 aliphatic carbocycles. The molecule has 8 nitrogen and oxygen atoms in total. The van der Waals surface area contributed by atoms with Gasteiger partial charge in [-0.05, 0) is 17.7 Å². The molecule has 0 aromatic heterocycles. The number of urea groups is 1. The second-order valence-corrected chi connectivity index (χ2v) is 4.24. The van der Waals surface area contributed by atoms with Crippen LogP contribution in [0.25, 0.3) is 0 Å². The molecule has 0 saturated heterocycles. The highest BCUT2D eigenvalue weighted by molar-refractivity contribution is 5.73. The average molecular weight is 296 g/mol. The van der Waals surface area contributed by atoms with E-state index in [1.54, 1.807) is 12.1 Å². The Morgan fingerprint density at radius 3 is 2.86 bits per heavy atom. The van der Waals surface area contributed by atoms with Crippen LogP contribution in [-0.2, 0) is 16.1 Å². The monoisotopic (exact) mass is 296 g/mol. The van der Waals surface area contributed by atoms with Gasteiger partial charge in [0.1, 0.15) is 6.61 Å². The summed E-state index contributed by atoms with van der Waals surface area (Å²) in [5.74, 6) is 0.317. The Morgan fingerprint density at radius 2 is 2.05 bits per heavy atom. The number of carbonyl (C=O) groups is 2. The summed E-state index contributed by atoms with van der Waals surface area (Å²) in [5, 5.41) is 13.6. The fourth-order valence-corrected chi connectivity index (χ4v) is 1.69. The van der Waals surface area contributed by atoms with Crippen molar-refractivity contribution in [3.8, 4) is 11.5 Å². The molecule has 8 heteroatoms. The number of hydrogen-bond acceptors (Lipinski definition) is 5. The molecule has 0 atom stereocenters. The first-order valence-electron chi connectivity index (χ1n) is 6.35. The van der Waals surface area contributed by atoms with Crippen molar-refractivity contribution in [2.45, 2.75) is 6.54 Å². The average Bonchev–Trinajstić information content (AvgIpc) is 2.92. The summed E-state index contributed by atoms with van der Waals surface area (Å²) in [6.45, 7) is 0.562. The van der Waals surface area contributed by atoms with Crippen molar-refractivity contribution in [1.82, 2.24) is 10.6 Å². The molecule has 0 bridgehead atoms. The number of carboxylic acids is 1. The number of hydrogen-bond donors (Lipinski definition) is 3. The van der Waals surface area contributed by atoms with E-state index in [-0.39, 0.29) is 32.6 Å². The van der Waals surface area contributed by atoms with Gasteiger partial charge in [0.2, 0.25) is 6.79 Å². The van der Waals surface area contributed by atoms with Crippen molar-refractivity contribution in [2.24, 2.45) is 0 Å². The Kier molecular flexibility index (Phi) is 5.22. The minimum atomic E-state index is -1.04. The molecule has 2 rings (SSSR count). The molecule has 1 aliphatic rings. The van der Waals surface area contributed by atoms with Crippen molar-refractivity contribution >= 4 is 12.0 Å². The molecule has 21 heavy (non-hydrogen) atoms. The van der Waals surface area contributed by atoms with Crippen molar-refractivity contribution in [1.29, 1.82) is 0 Å². The van der Waals surface area contributed by atoms with Crippen LogP contribution in [-0.4, -0.2) is 43.7 Å². The van der Waals surface area contributed by atoms with Gasteiger partial charge in [0, 0.05) is 13.1 Å². The predicted molar refractivity (Wildman–Crippen MR) is 71.3 cm³/mol. The molecule has 3 N–H and O–H groups in total. The lowest BCUT2D eigenvalue weighted by Crippen LogP contribution is -2.37. The topological polar surface area (TPSA) is 106 Å². The maximum absolute atomic E-state index is 11.5. The highest BCUT2D eigenvalue weighted by atomic mass is 16.7. The maximum atomic E-state index is 11.5. The molecule has 2 amide bonds. The standard InChI is InChI=1S/C13H16N2O6/c16-12(17)7-19-4-3-14-13(18)15-6-9-1-2-10-11(5-9)21-8-20-10/h1-2,5H,3-4,6-8H2,(H,16,17)(H2,14,15,18). The van der Waals surface area contributed by atoms with Gasteiger partial charge in [0.15, 0.2) is 11.5 Å². The Hall–Kier alpha value is -2.48. The molecule has 0 saturated carbocycles. The number of ether oxygens (including phenoxy) is 3. The van der Waals surface area contributed by atoms with Crippen molar-refractivity contribution in [3.05, 3.63) is 23.8 Å². The zero-order chi connectivity index (χ0) is 15.1. The zero-order valence-corrected chi connectivity index (χ0v) is 11.3. The third-order valence-corrected chi connectivity index (χ3v) is 2.65. The van der Waals surface area contributed by atoms with Gasteiger partial charge in [-0.2, -0.15) is 0 Å². The number of fused-ring (bicyclic) bond motifs is 1. The van der Waals surface area contributed by atoms with E-state index in [1.807, 2.05) is 6.07 Å². The third-order valence-electron chi connectivity index (χ3n) is 2.65. The zero-order valence-electron chi connectivity index (χ0n) is 11.3. The Labute approximate surface area is 121 Å². The van der Waals surface area contributed by atoms with Crippen LogP contribution in [0.15, 0.2) is 18.2 Å². The Morgan fingerprint density at radius 1 is 1.24 bits per heavy atom. The first kappa shape index (κ1) is 14.9. The van der Waals surface area contributed by atoms with Gasteiger partial charge in [-0.1, -0.05) is 6.07 Å². The van der Waals surface area contributed by atoms with E-state index < -0.39 is 5.97 Å². The maximum Gasteiger partial charge on any atom is 0.329 e. The highest BCUT2D eigenvalue weighted by Gasteiger charge is 2.13. The smallest absolute Gasteiger partial charge is 0.329 e. The summed E-state index contributed by atoms with van der Waals surface area (Å²) in [7, 11) is 0. The Bertz CT molecular complexity index is 519. The minimum Gasteiger partial charge on any atom is -0.480 e. The summed E-state index contributed by atoms with van der Waals surface area (Å²) < 4.78 is 15.2. The van der Waals surface area contributed by atoms with E-state index in [4.69, 9.17) is 19.3 Å². The lowest BCUT2D eigenvalue weighted by Gasteiger charge is -2.08. The van der Waals surface area contributed by atoms with Gasteiger partial charge in [-0.3, -0.25) is 0 Å². The van der Waals surface area contributed by atoms with Crippen LogP contribution >= 0.6 is 0 Å². The predicted octanol–water partition coefficient (Wildman–Crippen LogP) is 0.316.